The molecule has 3 heterocycles. The van der Waals surface area contributed by atoms with Gasteiger partial charge in [0.15, 0.2) is 10.8 Å². The van der Waals surface area contributed by atoms with Crippen LogP contribution in [0.25, 0.3) is 27.8 Å². The lowest BCUT2D eigenvalue weighted by molar-refractivity contribution is 0.815. The van der Waals surface area contributed by atoms with Gasteiger partial charge >= 0.3 is 0 Å². The number of para-hydroxylation sites is 3. The summed E-state index contributed by atoms with van der Waals surface area (Å²) in [6, 6.07) is 16.6. The highest BCUT2D eigenvalue weighted by molar-refractivity contribution is 7.98. The number of fused-ring (bicyclic) bond motifs is 2. The Kier molecular flexibility index (Phi) is 4.21. The molecule has 0 saturated carbocycles. The lowest BCUT2D eigenvalue weighted by Crippen LogP contribution is -2.21. The zero-order valence-corrected chi connectivity index (χ0v) is 15.8. The summed E-state index contributed by atoms with van der Waals surface area (Å²) in [4.78, 5) is 37.3. The number of hydrogen-bond acceptors (Lipinski definition) is 6. The van der Waals surface area contributed by atoms with Crippen LogP contribution in [0.3, 0.4) is 0 Å². The van der Waals surface area contributed by atoms with Gasteiger partial charge in [-0.15, -0.1) is 0 Å². The second kappa shape index (κ2) is 7.02. The minimum atomic E-state index is -0.257. The summed E-state index contributed by atoms with van der Waals surface area (Å²) in [6.07, 6.45) is 1.47. The summed E-state index contributed by atoms with van der Waals surface area (Å²) < 4.78 is 1.53. The molecule has 0 unspecified atom stereocenters. The molecule has 0 saturated heterocycles. The van der Waals surface area contributed by atoms with Gasteiger partial charge in [-0.3, -0.25) is 19.3 Å². The van der Waals surface area contributed by atoms with Gasteiger partial charge in [-0.2, -0.15) is 5.10 Å². The van der Waals surface area contributed by atoms with Gasteiger partial charge < -0.3 is 4.98 Å². The molecule has 2 aromatic carbocycles. The van der Waals surface area contributed by atoms with E-state index in [4.69, 9.17) is 0 Å². The topological polar surface area (TPSA) is 109 Å². The van der Waals surface area contributed by atoms with E-state index in [0.29, 0.717) is 38.6 Å². The normalized spacial score (nSPS) is 11.3. The summed E-state index contributed by atoms with van der Waals surface area (Å²) in [7, 11) is 0. The minimum absolute atomic E-state index is 0.224. The number of aromatic nitrogens is 6. The van der Waals surface area contributed by atoms with Crippen molar-refractivity contribution in [1.29, 1.82) is 0 Å². The second-order valence-corrected chi connectivity index (χ2v) is 7.26. The average Bonchev–Trinajstić information content (AvgIpc) is 3.22. The Hall–Kier alpha value is -3.72. The first-order valence-electron chi connectivity index (χ1n) is 8.83. The molecule has 142 valence electrons. The van der Waals surface area contributed by atoms with Crippen molar-refractivity contribution in [2.24, 2.45) is 0 Å². The van der Waals surface area contributed by atoms with Crippen molar-refractivity contribution >= 4 is 33.8 Å². The van der Waals surface area contributed by atoms with E-state index in [1.165, 1.54) is 22.5 Å². The molecule has 5 rings (SSSR count). The molecular weight excluding hydrogens is 388 g/mol. The Morgan fingerprint density at radius 2 is 1.76 bits per heavy atom. The molecule has 0 aliphatic heterocycles. The van der Waals surface area contributed by atoms with Crippen LogP contribution in [0, 0.1) is 0 Å². The summed E-state index contributed by atoms with van der Waals surface area (Å²) in [5.41, 5.74) is 2.38. The van der Waals surface area contributed by atoms with Gasteiger partial charge in [0.05, 0.1) is 22.9 Å². The fraction of sp³-hybridized carbons (Fsp3) is 0.0500. The highest BCUT2D eigenvalue weighted by atomic mass is 32.2. The predicted octanol–water partition coefficient (Wildman–Crippen LogP) is 2.64. The van der Waals surface area contributed by atoms with Crippen LogP contribution in [-0.2, 0) is 5.75 Å². The predicted molar refractivity (Wildman–Crippen MR) is 111 cm³/mol. The fourth-order valence-electron chi connectivity index (χ4n) is 3.07. The zero-order chi connectivity index (χ0) is 19.8. The van der Waals surface area contributed by atoms with Crippen molar-refractivity contribution < 1.29 is 0 Å². The van der Waals surface area contributed by atoms with Crippen LogP contribution in [-0.4, -0.2) is 29.7 Å². The van der Waals surface area contributed by atoms with Gasteiger partial charge in [0, 0.05) is 5.75 Å². The van der Waals surface area contributed by atoms with Crippen LogP contribution in [0.5, 0.6) is 0 Å². The van der Waals surface area contributed by atoms with E-state index in [2.05, 4.69) is 25.1 Å². The monoisotopic (exact) mass is 402 g/mol. The number of aromatic amines is 2. The van der Waals surface area contributed by atoms with Crippen LogP contribution >= 0.6 is 11.8 Å². The molecule has 9 heteroatoms. The summed E-state index contributed by atoms with van der Waals surface area (Å²) in [5, 5.41) is 7.52. The van der Waals surface area contributed by atoms with Gasteiger partial charge in [-0.25, -0.2) is 9.97 Å². The van der Waals surface area contributed by atoms with E-state index in [0.717, 1.165) is 0 Å². The van der Waals surface area contributed by atoms with Crippen molar-refractivity contribution in [3.8, 4) is 5.69 Å². The van der Waals surface area contributed by atoms with E-state index >= 15 is 0 Å². The van der Waals surface area contributed by atoms with Gasteiger partial charge in [0.1, 0.15) is 11.1 Å². The van der Waals surface area contributed by atoms with E-state index in [-0.39, 0.29) is 16.9 Å². The first-order chi connectivity index (χ1) is 14.2. The molecule has 0 atom stereocenters. The third-order valence-electron chi connectivity index (χ3n) is 4.47. The van der Waals surface area contributed by atoms with Gasteiger partial charge in [-0.05, 0) is 24.3 Å². The molecule has 8 nitrogen and oxygen atoms in total. The Morgan fingerprint density at radius 1 is 0.966 bits per heavy atom. The van der Waals surface area contributed by atoms with Crippen molar-refractivity contribution in [2.75, 3.05) is 0 Å². The standard InChI is InChI=1S/C20H14N6O2S/c27-18-16(22-14-8-4-5-9-15(14)23-18)11-29-20-24-17-13(10-21-25-17)19(28)26(20)12-6-2-1-3-7-12/h1-10H,11H2,(H,21,25)(H,23,27). The van der Waals surface area contributed by atoms with E-state index < -0.39 is 0 Å². The van der Waals surface area contributed by atoms with Gasteiger partial charge in [-0.1, -0.05) is 42.1 Å². The SMILES string of the molecule is O=c1[nH]c2ccccc2nc1CSc1nc2[nH]ncc2c(=O)n1-c1ccccc1. The number of nitrogens with zero attached hydrogens (tertiary/aromatic N) is 4. The largest absolute Gasteiger partial charge is 0.319 e. The number of H-pyrrole nitrogens is 2. The smallest absolute Gasteiger partial charge is 0.271 e. The molecular formula is C20H14N6O2S. The van der Waals surface area contributed by atoms with Gasteiger partial charge in [0.2, 0.25) is 0 Å². The van der Waals surface area contributed by atoms with Gasteiger partial charge in [0.25, 0.3) is 11.1 Å². The molecule has 0 bridgehead atoms. The number of benzene rings is 2. The van der Waals surface area contributed by atoms with Crippen molar-refractivity contribution in [1.82, 2.24) is 29.7 Å². The Balaban J connectivity index is 1.60. The molecule has 0 radical (unpaired) electrons. The Bertz CT molecular complexity index is 1460. The third kappa shape index (κ3) is 3.11. The maximum Gasteiger partial charge on any atom is 0.271 e. The van der Waals surface area contributed by atoms with Crippen LogP contribution < -0.4 is 11.1 Å². The highest BCUT2D eigenvalue weighted by Gasteiger charge is 2.16. The second-order valence-electron chi connectivity index (χ2n) is 6.32. The maximum absolute atomic E-state index is 13.0. The number of hydrogen-bond donors (Lipinski definition) is 2. The number of thioether (sulfide) groups is 1. The lowest BCUT2D eigenvalue weighted by Gasteiger charge is -2.11. The van der Waals surface area contributed by atoms with E-state index in [1.807, 2.05) is 48.5 Å². The summed E-state index contributed by atoms with van der Waals surface area (Å²) >= 11 is 1.27. The first kappa shape index (κ1) is 17.4. The van der Waals surface area contributed by atoms with E-state index in [9.17, 15) is 9.59 Å². The Morgan fingerprint density at radius 3 is 2.62 bits per heavy atom. The zero-order valence-electron chi connectivity index (χ0n) is 15.0. The van der Waals surface area contributed by atoms with Crippen molar-refractivity contribution in [3.05, 3.63) is 87.2 Å². The van der Waals surface area contributed by atoms with Crippen LogP contribution in [0.2, 0.25) is 0 Å². The van der Waals surface area contributed by atoms with Crippen LogP contribution in [0.4, 0.5) is 0 Å². The Labute approximate surface area is 167 Å². The molecule has 0 aliphatic carbocycles. The quantitative estimate of drug-likeness (QED) is 0.353. The van der Waals surface area contributed by atoms with Crippen LogP contribution in [0.1, 0.15) is 5.69 Å². The minimum Gasteiger partial charge on any atom is -0.319 e. The third-order valence-corrected chi connectivity index (χ3v) is 5.42. The molecule has 0 spiro atoms. The lowest BCUT2D eigenvalue weighted by atomic mass is 10.3. The van der Waals surface area contributed by atoms with E-state index in [1.54, 1.807) is 6.07 Å². The molecule has 0 amide bonds. The maximum atomic E-state index is 13.0. The van der Waals surface area contributed by atoms with Crippen molar-refractivity contribution in [3.63, 3.8) is 0 Å². The fourth-order valence-corrected chi connectivity index (χ4v) is 4.01. The number of rotatable bonds is 4. The molecule has 0 fully saturated rings. The molecule has 29 heavy (non-hydrogen) atoms. The highest BCUT2D eigenvalue weighted by Crippen LogP contribution is 2.23. The molecule has 3 aromatic heterocycles. The number of nitrogens with one attached hydrogen (secondary N) is 2. The average molecular weight is 402 g/mol. The molecule has 2 N–H and O–H groups in total. The van der Waals surface area contributed by atoms with Crippen LogP contribution in [0.15, 0.2) is 75.5 Å². The van der Waals surface area contributed by atoms with Crippen molar-refractivity contribution in [2.45, 2.75) is 10.9 Å². The summed E-state index contributed by atoms with van der Waals surface area (Å²) in [6.45, 7) is 0. The molecule has 5 aromatic rings. The molecule has 0 aliphatic rings. The first-order valence-corrected chi connectivity index (χ1v) is 9.81. The summed E-state index contributed by atoms with van der Waals surface area (Å²) in [5.74, 6) is 0.263.